The molecule has 0 saturated heterocycles. The van der Waals surface area contributed by atoms with E-state index in [0.717, 1.165) is 23.4 Å². The molecule has 0 bridgehead atoms. The highest BCUT2D eigenvalue weighted by Gasteiger charge is 2.30. The Balaban J connectivity index is 1.64. The number of hydrogen-bond donors (Lipinski definition) is 1. The number of amides is 1. The Morgan fingerprint density at radius 2 is 1.88 bits per heavy atom. The Hall–Kier alpha value is -3.01. The van der Waals surface area contributed by atoms with Gasteiger partial charge in [-0.3, -0.25) is 4.79 Å². The summed E-state index contributed by atoms with van der Waals surface area (Å²) in [6.07, 6.45) is -4.47. The van der Waals surface area contributed by atoms with Gasteiger partial charge in [0.15, 0.2) is 11.0 Å². The molecule has 1 amide bonds. The zero-order valence-corrected chi connectivity index (χ0v) is 19.3. The fourth-order valence-corrected chi connectivity index (χ4v) is 3.76. The van der Waals surface area contributed by atoms with Crippen LogP contribution in [0.3, 0.4) is 0 Å². The summed E-state index contributed by atoms with van der Waals surface area (Å²) in [5.41, 5.74) is 0.137. The smallest absolute Gasteiger partial charge is 0.416 e. The van der Waals surface area contributed by atoms with Crippen molar-refractivity contribution < 1.29 is 22.7 Å². The van der Waals surface area contributed by atoms with E-state index in [0.29, 0.717) is 30.1 Å². The molecule has 3 aromatic rings. The lowest BCUT2D eigenvalue weighted by Gasteiger charge is -2.11. The quantitative estimate of drug-likeness (QED) is 0.397. The summed E-state index contributed by atoms with van der Waals surface area (Å²) in [5.74, 6) is 1.41. The Bertz CT molecular complexity index is 1080. The highest BCUT2D eigenvalue weighted by atomic mass is 32.2. The number of carbonyl (C=O) groups excluding carboxylic acids is 1. The van der Waals surface area contributed by atoms with Gasteiger partial charge in [-0.25, -0.2) is 0 Å². The topological polar surface area (TPSA) is 69.0 Å². The van der Waals surface area contributed by atoms with Crippen LogP contribution in [0.5, 0.6) is 5.75 Å². The molecule has 1 heterocycles. The minimum Gasteiger partial charge on any atom is -0.493 e. The number of nitrogens with zero attached hydrogens (tertiary/aromatic N) is 3. The fraction of sp³-hybridized carbons (Fsp3) is 0.348. The maximum absolute atomic E-state index is 12.9. The van der Waals surface area contributed by atoms with E-state index >= 15 is 0 Å². The summed E-state index contributed by atoms with van der Waals surface area (Å²) < 4.78 is 46.1. The molecule has 6 nitrogen and oxygen atoms in total. The van der Waals surface area contributed by atoms with Gasteiger partial charge in [0.1, 0.15) is 5.75 Å². The SMILES string of the molecule is CCn1c(SCC(=O)Nc2cccc(C(F)(F)F)c2)nnc1-c1ccc(OCC(C)C)cc1. The molecule has 0 radical (unpaired) electrons. The maximum atomic E-state index is 12.9. The van der Waals surface area contributed by atoms with E-state index in [2.05, 4.69) is 29.4 Å². The third kappa shape index (κ3) is 6.74. The van der Waals surface area contributed by atoms with Crippen molar-refractivity contribution in [2.45, 2.75) is 38.6 Å². The van der Waals surface area contributed by atoms with Crippen LogP contribution in [0.4, 0.5) is 18.9 Å². The van der Waals surface area contributed by atoms with Gasteiger partial charge in [0.2, 0.25) is 5.91 Å². The number of halogens is 3. The Morgan fingerprint density at radius 1 is 1.15 bits per heavy atom. The minimum atomic E-state index is -4.47. The van der Waals surface area contributed by atoms with Crippen LogP contribution in [0, 0.1) is 5.92 Å². The Morgan fingerprint density at radius 3 is 2.52 bits per heavy atom. The Labute approximate surface area is 194 Å². The molecule has 10 heteroatoms. The maximum Gasteiger partial charge on any atom is 0.416 e. The zero-order chi connectivity index (χ0) is 24.0. The molecule has 33 heavy (non-hydrogen) atoms. The van der Waals surface area contributed by atoms with Gasteiger partial charge in [0.05, 0.1) is 17.9 Å². The highest BCUT2D eigenvalue weighted by Crippen LogP contribution is 2.31. The lowest BCUT2D eigenvalue weighted by atomic mass is 10.2. The van der Waals surface area contributed by atoms with E-state index in [-0.39, 0.29) is 11.4 Å². The second-order valence-electron chi connectivity index (χ2n) is 7.70. The number of alkyl halides is 3. The summed E-state index contributed by atoms with van der Waals surface area (Å²) in [6.45, 7) is 7.33. The van der Waals surface area contributed by atoms with Gasteiger partial charge in [0.25, 0.3) is 0 Å². The van der Waals surface area contributed by atoms with Crippen molar-refractivity contribution in [3.05, 3.63) is 54.1 Å². The molecule has 0 aliphatic rings. The van der Waals surface area contributed by atoms with Crippen LogP contribution in [0.2, 0.25) is 0 Å². The zero-order valence-electron chi connectivity index (χ0n) is 18.5. The second-order valence-corrected chi connectivity index (χ2v) is 8.64. The van der Waals surface area contributed by atoms with Crippen molar-refractivity contribution in [3.63, 3.8) is 0 Å². The van der Waals surface area contributed by atoms with E-state index < -0.39 is 17.6 Å². The summed E-state index contributed by atoms with van der Waals surface area (Å²) in [5, 5.41) is 11.5. The van der Waals surface area contributed by atoms with Gasteiger partial charge in [-0.2, -0.15) is 13.2 Å². The number of thioether (sulfide) groups is 1. The average Bonchev–Trinajstić information content (AvgIpc) is 3.19. The van der Waals surface area contributed by atoms with Crippen LogP contribution in [0.1, 0.15) is 26.3 Å². The van der Waals surface area contributed by atoms with E-state index in [1.54, 1.807) is 0 Å². The molecule has 0 atom stereocenters. The van der Waals surface area contributed by atoms with Crippen molar-refractivity contribution in [2.75, 3.05) is 17.7 Å². The van der Waals surface area contributed by atoms with E-state index in [4.69, 9.17) is 4.74 Å². The second kappa shape index (κ2) is 10.7. The predicted molar refractivity (Wildman–Crippen MR) is 122 cm³/mol. The first-order chi connectivity index (χ1) is 15.7. The van der Waals surface area contributed by atoms with Crippen LogP contribution in [0.25, 0.3) is 11.4 Å². The number of carbonyl (C=O) groups is 1. The van der Waals surface area contributed by atoms with Gasteiger partial charge >= 0.3 is 6.18 Å². The minimum absolute atomic E-state index is 0.0175. The summed E-state index contributed by atoms with van der Waals surface area (Å²) in [7, 11) is 0. The largest absolute Gasteiger partial charge is 0.493 e. The lowest BCUT2D eigenvalue weighted by Crippen LogP contribution is -2.15. The molecular formula is C23H25F3N4O2S. The lowest BCUT2D eigenvalue weighted by molar-refractivity contribution is -0.137. The van der Waals surface area contributed by atoms with Gasteiger partial charge < -0.3 is 14.6 Å². The van der Waals surface area contributed by atoms with Gasteiger partial charge in [-0.1, -0.05) is 31.7 Å². The number of ether oxygens (including phenoxy) is 1. The molecule has 0 spiro atoms. The van der Waals surface area contributed by atoms with Gasteiger partial charge in [-0.05, 0) is 55.3 Å². The van der Waals surface area contributed by atoms with Gasteiger partial charge in [-0.15, -0.1) is 10.2 Å². The standard InChI is InChI=1S/C23H25F3N4O2S/c1-4-30-21(16-8-10-19(11-9-16)32-13-15(2)3)28-29-22(30)33-14-20(31)27-18-7-5-6-17(12-18)23(24,25)26/h5-12,15H,4,13-14H2,1-3H3,(H,27,31). The fourth-order valence-electron chi connectivity index (χ4n) is 2.96. The molecule has 3 rings (SSSR count). The predicted octanol–water partition coefficient (Wildman–Crippen LogP) is 5.75. The first kappa shape index (κ1) is 24.6. The molecule has 2 aromatic carbocycles. The molecule has 1 aromatic heterocycles. The number of nitrogens with one attached hydrogen (secondary N) is 1. The third-order valence-electron chi connectivity index (χ3n) is 4.53. The van der Waals surface area contributed by atoms with Crippen molar-refractivity contribution >= 4 is 23.4 Å². The first-order valence-electron chi connectivity index (χ1n) is 10.4. The van der Waals surface area contributed by atoms with Crippen LogP contribution >= 0.6 is 11.8 Å². The number of aromatic nitrogens is 3. The van der Waals surface area contributed by atoms with Crippen molar-refractivity contribution in [3.8, 4) is 17.1 Å². The average molecular weight is 479 g/mol. The molecule has 1 N–H and O–H groups in total. The first-order valence-corrected chi connectivity index (χ1v) is 11.4. The third-order valence-corrected chi connectivity index (χ3v) is 5.50. The monoisotopic (exact) mass is 478 g/mol. The molecule has 0 saturated carbocycles. The van der Waals surface area contributed by atoms with E-state index in [1.165, 1.54) is 23.9 Å². The van der Waals surface area contributed by atoms with Crippen molar-refractivity contribution in [1.82, 2.24) is 14.8 Å². The highest BCUT2D eigenvalue weighted by molar-refractivity contribution is 7.99. The molecule has 0 fully saturated rings. The van der Waals surface area contributed by atoms with Crippen LogP contribution in [-0.4, -0.2) is 33.0 Å². The van der Waals surface area contributed by atoms with Crippen molar-refractivity contribution in [1.29, 1.82) is 0 Å². The summed E-state index contributed by atoms with van der Waals surface area (Å²) in [4.78, 5) is 12.3. The van der Waals surface area contributed by atoms with Crippen LogP contribution in [-0.2, 0) is 17.5 Å². The van der Waals surface area contributed by atoms with Crippen molar-refractivity contribution in [2.24, 2.45) is 5.92 Å². The summed E-state index contributed by atoms with van der Waals surface area (Å²) >= 11 is 1.17. The number of anilines is 1. The van der Waals surface area contributed by atoms with E-state index in [1.807, 2.05) is 35.8 Å². The normalized spacial score (nSPS) is 11.6. The van der Waals surface area contributed by atoms with Crippen LogP contribution < -0.4 is 10.1 Å². The molecule has 0 aliphatic heterocycles. The number of hydrogen-bond acceptors (Lipinski definition) is 5. The molecular weight excluding hydrogens is 453 g/mol. The molecule has 0 aliphatic carbocycles. The number of benzene rings is 2. The summed E-state index contributed by atoms with van der Waals surface area (Å²) in [6, 6.07) is 12.1. The van der Waals surface area contributed by atoms with E-state index in [9.17, 15) is 18.0 Å². The number of rotatable bonds is 9. The molecule has 176 valence electrons. The van der Waals surface area contributed by atoms with Gasteiger partial charge in [0, 0.05) is 17.8 Å². The Kier molecular flexibility index (Phi) is 8.01. The molecule has 0 unspecified atom stereocenters. The van der Waals surface area contributed by atoms with Crippen LogP contribution in [0.15, 0.2) is 53.7 Å².